The molecule has 0 aliphatic heterocycles. The summed E-state index contributed by atoms with van der Waals surface area (Å²) in [6, 6.07) is 8.29. The van der Waals surface area contributed by atoms with E-state index in [9.17, 15) is 18.0 Å². The first-order chi connectivity index (χ1) is 12.1. The number of halogens is 4. The van der Waals surface area contributed by atoms with Crippen molar-refractivity contribution < 1.29 is 22.7 Å². The van der Waals surface area contributed by atoms with E-state index in [1.54, 1.807) is 19.1 Å². The normalized spacial score (nSPS) is 12.6. The maximum atomic E-state index is 12.7. The summed E-state index contributed by atoms with van der Waals surface area (Å²) in [5, 5.41) is 3.22. The van der Waals surface area contributed by atoms with Crippen molar-refractivity contribution in [2.75, 3.05) is 0 Å². The lowest BCUT2D eigenvalue weighted by atomic mass is 10.1. The smallest absolute Gasteiger partial charge is 0.416 e. The van der Waals surface area contributed by atoms with Crippen molar-refractivity contribution in [3.8, 4) is 5.75 Å². The van der Waals surface area contributed by atoms with E-state index < -0.39 is 23.8 Å². The van der Waals surface area contributed by atoms with Crippen molar-refractivity contribution in [3.05, 3.63) is 63.7 Å². The summed E-state index contributed by atoms with van der Waals surface area (Å²) in [5.41, 5.74) is 1.27. The largest absolute Gasteiger partial charge is 0.481 e. The molecule has 0 aliphatic carbocycles. The average Bonchev–Trinajstić information content (AvgIpc) is 2.57. The van der Waals surface area contributed by atoms with Crippen LogP contribution in [0.25, 0.3) is 0 Å². The molecule has 1 atom stereocenters. The van der Waals surface area contributed by atoms with Crippen LogP contribution in [0.2, 0.25) is 5.02 Å². The zero-order chi connectivity index (χ0) is 19.5. The van der Waals surface area contributed by atoms with E-state index in [0.717, 1.165) is 23.3 Å². The highest BCUT2D eigenvalue weighted by Gasteiger charge is 2.30. The van der Waals surface area contributed by atoms with E-state index in [4.69, 9.17) is 16.3 Å². The number of alkyl halides is 3. The van der Waals surface area contributed by atoms with Gasteiger partial charge in [-0.15, -0.1) is 0 Å². The van der Waals surface area contributed by atoms with Crippen molar-refractivity contribution in [1.29, 1.82) is 0 Å². The highest BCUT2D eigenvalue weighted by Crippen LogP contribution is 2.29. The molecule has 0 saturated carbocycles. The Bertz CT molecular complexity index is 783. The van der Waals surface area contributed by atoms with Crippen LogP contribution in [-0.4, -0.2) is 12.0 Å². The Hall–Kier alpha value is -2.21. The number of carbonyl (C=O) groups is 1. The molecule has 0 fully saturated rings. The molecule has 2 aromatic carbocycles. The molecule has 3 nitrogen and oxygen atoms in total. The second kappa shape index (κ2) is 7.99. The highest BCUT2D eigenvalue weighted by molar-refractivity contribution is 6.32. The molecule has 0 bridgehead atoms. The highest BCUT2D eigenvalue weighted by atomic mass is 35.5. The second-order valence-electron chi connectivity index (χ2n) is 6.05. The Balaban J connectivity index is 1.98. The Labute approximate surface area is 155 Å². The van der Waals surface area contributed by atoms with Crippen molar-refractivity contribution in [2.24, 2.45) is 0 Å². The average molecular weight is 386 g/mol. The van der Waals surface area contributed by atoms with Gasteiger partial charge in [-0.1, -0.05) is 23.7 Å². The molecule has 26 heavy (non-hydrogen) atoms. The fraction of sp³-hybridized carbons (Fsp3) is 0.316. The van der Waals surface area contributed by atoms with Crippen molar-refractivity contribution in [1.82, 2.24) is 5.32 Å². The molecule has 140 valence electrons. The number of carbonyl (C=O) groups excluding carboxylic acids is 1. The number of rotatable bonds is 5. The monoisotopic (exact) mass is 385 g/mol. The van der Waals surface area contributed by atoms with Crippen LogP contribution in [0.5, 0.6) is 5.75 Å². The van der Waals surface area contributed by atoms with Gasteiger partial charge in [0.15, 0.2) is 6.10 Å². The summed E-state index contributed by atoms with van der Waals surface area (Å²) in [6.07, 6.45) is -5.22. The van der Waals surface area contributed by atoms with Crippen molar-refractivity contribution >= 4 is 17.5 Å². The van der Waals surface area contributed by atoms with E-state index in [1.165, 1.54) is 12.1 Å². The zero-order valence-corrected chi connectivity index (χ0v) is 15.3. The van der Waals surface area contributed by atoms with Gasteiger partial charge >= 0.3 is 6.18 Å². The van der Waals surface area contributed by atoms with Gasteiger partial charge in [-0.05, 0) is 61.7 Å². The Kier molecular flexibility index (Phi) is 6.18. The number of nitrogens with one attached hydrogen (secondary N) is 1. The Morgan fingerprint density at radius 3 is 2.38 bits per heavy atom. The predicted molar refractivity (Wildman–Crippen MR) is 94.3 cm³/mol. The quantitative estimate of drug-likeness (QED) is 0.781. The molecule has 0 aliphatic rings. The lowest BCUT2D eigenvalue weighted by Crippen LogP contribution is -2.36. The number of ether oxygens (including phenoxy) is 1. The third-order valence-corrected chi connectivity index (χ3v) is 4.41. The van der Waals surface area contributed by atoms with E-state index >= 15 is 0 Å². The van der Waals surface area contributed by atoms with Crippen LogP contribution in [0, 0.1) is 13.8 Å². The first-order valence-corrected chi connectivity index (χ1v) is 8.33. The molecule has 0 radical (unpaired) electrons. The molecule has 2 aromatic rings. The molecule has 0 spiro atoms. The molecule has 2 rings (SSSR count). The van der Waals surface area contributed by atoms with E-state index in [2.05, 4.69) is 5.32 Å². The summed E-state index contributed by atoms with van der Waals surface area (Å²) < 4.78 is 43.8. The third-order valence-electron chi connectivity index (χ3n) is 3.81. The van der Waals surface area contributed by atoms with Crippen LogP contribution in [0.1, 0.15) is 29.2 Å². The lowest BCUT2D eigenvalue weighted by molar-refractivity contribution is -0.137. The summed E-state index contributed by atoms with van der Waals surface area (Å²) in [5.74, 6) is 0.0822. The number of hydrogen-bond acceptors (Lipinski definition) is 2. The number of benzene rings is 2. The van der Waals surface area contributed by atoms with Gasteiger partial charge < -0.3 is 10.1 Å². The fourth-order valence-electron chi connectivity index (χ4n) is 2.42. The van der Waals surface area contributed by atoms with Gasteiger partial charge in [0, 0.05) is 11.6 Å². The van der Waals surface area contributed by atoms with Gasteiger partial charge in [0.05, 0.1) is 5.56 Å². The van der Waals surface area contributed by atoms with Crippen LogP contribution in [0.4, 0.5) is 13.2 Å². The minimum Gasteiger partial charge on any atom is -0.481 e. The molecule has 0 saturated heterocycles. The second-order valence-corrected chi connectivity index (χ2v) is 6.43. The Morgan fingerprint density at radius 1 is 1.19 bits per heavy atom. The molecular weight excluding hydrogens is 367 g/mol. The maximum Gasteiger partial charge on any atom is 0.416 e. The minimum absolute atomic E-state index is 0.0187. The summed E-state index contributed by atoms with van der Waals surface area (Å²) in [4.78, 5) is 12.2. The van der Waals surface area contributed by atoms with Crippen molar-refractivity contribution in [2.45, 2.75) is 39.6 Å². The molecular formula is C19H19ClF3NO2. The van der Waals surface area contributed by atoms with E-state index in [1.807, 2.05) is 13.8 Å². The molecule has 0 aromatic heterocycles. The SMILES string of the molecule is Cc1cc(OC(C)C(=O)NCc2cccc(C(F)(F)F)c2)cc(C)c1Cl. The lowest BCUT2D eigenvalue weighted by Gasteiger charge is -2.16. The topological polar surface area (TPSA) is 38.3 Å². The molecule has 1 N–H and O–H groups in total. The van der Waals surface area contributed by atoms with E-state index in [0.29, 0.717) is 16.3 Å². The number of hydrogen-bond donors (Lipinski definition) is 1. The van der Waals surface area contributed by atoms with Crippen LogP contribution in [0.3, 0.4) is 0 Å². The number of amides is 1. The first kappa shape index (κ1) is 20.1. The zero-order valence-electron chi connectivity index (χ0n) is 14.6. The molecule has 1 amide bonds. The summed E-state index contributed by atoms with van der Waals surface area (Å²) in [6.45, 7) is 5.22. The van der Waals surface area contributed by atoms with Gasteiger partial charge in [-0.2, -0.15) is 13.2 Å². The van der Waals surface area contributed by atoms with Crippen molar-refractivity contribution in [3.63, 3.8) is 0 Å². The van der Waals surface area contributed by atoms with E-state index in [-0.39, 0.29) is 6.54 Å². The third kappa shape index (κ3) is 5.14. The Morgan fingerprint density at radius 2 is 1.81 bits per heavy atom. The summed E-state index contributed by atoms with van der Waals surface area (Å²) in [7, 11) is 0. The van der Waals surface area contributed by atoms with Crippen LogP contribution in [0.15, 0.2) is 36.4 Å². The van der Waals surface area contributed by atoms with Gasteiger partial charge in [0.2, 0.25) is 0 Å². The summed E-state index contributed by atoms with van der Waals surface area (Å²) >= 11 is 6.10. The van der Waals surface area contributed by atoms with Crippen LogP contribution >= 0.6 is 11.6 Å². The predicted octanol–water partition coefficient (Wildman–Crippen LogP) is 5.06. The minimum atomic E-state index is -4.42. The fourth-order valence-corrected chi connectivity index (χ4v) is 2.53. The number of aryl methyl sites for hydroxylation is 2. The van der Waals surface area contributed by atoms with Gasteiger partial charge in [-0.3, -0.25) is 4.79 Å². The standard InChI is InChI=1S/C19H19ClF3NO2/c1-11-7-16(8-12(2)17(11)20)26-13(3)18(25)24-10-14-5-4-6-15(9-14)19(21,22)23/h4-9,13H,10H2,1-3H3,(H,24,25). The van der Waals surface area contributed by atoms with Crippen LogP contribution in [-0.2, 0) is 17.5 Å². The van der Waals surface area contributed by atoms with Crippen LogP contribution < -0.4 is 10.1 Å². The van der Waals surface area contributed by atoms with Gasteiger partial charge in [0.1, 0.15) is 5.75 Å². The van der Waals surface area contributed by atoms with Gasteiger partial charge in [-0.25, -0.2) is 0 Å². The molecule has 1 unspecified atom stereocenters. The maximum absolute atomic E-state index is 12.7. The first-order valence-electron chi connectivity index (χ1n) is 7.95. The molecule has 7 heteroatoms. The van der Waals surface area contributed by atoms with Gasteiger partial charge in [0.25, 0.3) is 5.91 Å². The molecule has 0 heterocycles.